The molecule has 0 saturated heterocycles. The Balaban J connectivity index is 1.73. The Labute approximate surface area is 166 Å². The summed E-state index contributed by atoms with van der Waals surface area (Å²) in [4.78, 5) is 12.7. The van der Waals surface area contributed by atoms with E-state index in [4.69, 9.17) is 20.8 Å². The summed E-state index contributed by atoms with van der Waals surface area (Å²) < 4.78 is 11.2. The van der Waals surface area contributed by atoms with Crippen LogP contribution >= 0.6 is 22.9 Å². The van der Waals surface area contributed by atoms with Gasteiger partial charge in [0.2, 0.25) is 0 Å². The summed E-state index contributed by atoms with van der Waals surface area (Å²) in [6.45, 7) is 3.27. The molecule has 1 aromatic carbocycles. The lowest BCUT2D eigenvalue weighted by atomic mass is 9.93. The van der Waals surface area contributed by atoms with Crippen LogP contribution in [0.25, 0.3) is 0 Å². The molecule has 0 aliphatic heterocycles. The highest BCUT2D eigenvalue weighted by Crippen LogP contribution is 2.31. The molecule has 142 valence electrons. The van der Waals surface area contributed by atoms with Crippen LogP contribution in [0.4, 0.5) is 0 Å². The van der Waals surface area contributed by atoms with Crippen molar-refractivity contribution < 1.29 is 19.1 Å². The first-order chi connectivity index (χ1) is 12.8. The van der Waals surface area contributed by atoms with Crippen molar-refractivity contribution in [3.05, 3.63) is 75.8 Å². The number of benzene rings is 1. The van der Waals surface area contributed by atoms with Crippen molar-refractivity contribution in [2.45, 2.75) is 25.0 Å². The maximum absolute atomic E-state index is 12.7. The van der Waals surface area contributed by atoms with Gasteiger partial charge in [-0.25, -0.2) is 0 Å². The van der Waals surface area contributed by atoms with Gasteiger partial charge in [0.1, 0.15) is 11.5 Å². The second-order valence-electron chi connectivity index (χ2n) is 6.60. The van der Waals surface area contributed by atoms with Crippen molar-refractivity contribution in [3.63, 3.8) is 0 Å². The third-order valence-corrected chi connectivity index (χ3v) is 5.10. The molecule has 0 aliphatic carbocycles. The van der Waals surface area contributed by atoms with Gasteiger partial charge in [-0.2, -0.15) is 11.3 Å². The summed E-state index contributed by atoms with van der Waals surface area (Å²) in [5, 5.41) is 18.3. The number of halogens is 1. The molecule has 0 unspecified atom stereocenters. The first-order valence-corrected chi connectivity index (χ1v) is 9.65. The maximum atomic E-state index is 12.7. The number of rotatable bonds is 7. The Kier molecular flexibility index (Phi) is 5.60. The fourth-order valence-electron chi connectivity index (χ4n) is 2.61. The topological polar surface area (TPSA) is 71.7 Å². The number of aliphatic hydroxyl groups is 1. The molecule has 0 aliphatic rings. The Hall–Kier alpha value is -2.28. The Morgan fingerprint density at radius 3 is 2.59 bits per heavy atom. The second kappa shape index (κ2) is 7.76. The molecular formula is C20H20ClNO4S. The van der Waals surface area contributed by atoms with Crippen LogP contribution in [-0.2, 0) is 10.4 Å². The zero-order chi connectivity index (χ0) is 19.5. The first kappa shape index (κ1) is 19.5. The predicted molar refractivity (Wildman–Crippen MR) is 105 cm³/mol. The summed E-state index contributed by atoms with van der Waals surface area (Å²) in [7, 11) is 0. The molecule has 1 atom stereocenters. The van der Waals surface area contributed by atoms with E-state index in [0.29, 0.717) is 22.1 Å². The minimum absolute atomic E-state index is 0.0521. The highest BCUT2D eigenvalue weighted by Gasteiger charge is 2.38. The molecular weight excluding hydrogens is 386 g/mol. The fraction of sp³-hybridized carbons (Fsp3) is 0.250. The lowest BCUT2D eigenvalue weighted by molar-refractivity contribution is -0.135. The van der Waals surface area contributed by atoms with Crippen LogP contribution in [-0.4, -0.2) is 23.2 Å². The predicted octanol–water partition coefficient (Wildman–Crippen LogP) is 4.20. The van der Waals surface area contributed by atoms with E-state index in [0.717, 1.165) is 0 Å². The Morgan fingerprint density at radius 1 is 1.26 bits per heavy atom. The van der Waals surface area contributed by atoms with Gasteiger partial charge in [0.25, 0.3) is 5.91 Å². The van der Waals surface area contributed by atoms with Crippen molar-refractivity contribution in [1.29, 1.82) is 0 Å². The van der Waals surface area contributed by atoms with Crippen LogP contribution in [0.15, 0.2) is 63.9 Å². The van der Waals surface area contributed by atoms with Crippen molar-refractivity contribution in [2.24, 2.45) is 0 Å². The third-order valence-electron chi connectivity index (χ3n) is 4.17. The van der Waals surface area contributed by atoms with Crippen LogP contribution in [0.3, 0.4) is 0 Å². The third kappa shape index (κ3) is 4.35. The number of ether oxygens (including phenoxy) is 1. The lowest BCUT2D eigenvalue weighted by Crippen LogP contribution is -2.51. The Bertz CT molecular complexity index is 839. The van der Waals surface area contributed by atoms with Gasteiger partial charge in [0.15, 0.2) is 11.2 Å². The average Bonchev–Trinajstić information content (AvgIpc) is 3.35. The molecule has 0 fully saturated rings. The van der Waals surface area contributed by atoms with Crippen molar-refractivity contribution >= 4 is 28.8 Å². The molecule has 2 heterocycles. The highest BCUT2D eigenvalue weighted by atomic mass is 35.5. The first-order valence-electron chi connectivity index (χ1n) is 8.33. The van der Waals surface area contributed by atoms with Crippen molar-refractivity contribution in [3.8, 4) is 5.75 Å². The number of hydrogen-bond acceptors (Lipinski definition) is 5. The number of carbonyl (C=O) groups is 1. The largest absolute Gasteiger partial charge is 0.478 e. The number of nitrogens with one attached hydrogen (secondary N) is 1. The molecule has 5 nitrogen and oxygen atoms in total. The Morgan fingerprint density at radius 2 is 2.00 bits per heavy atom. The van der Waals surface area contributed by atoms with Gasteiger partial charge in [-0.05, 0) is 67.1 Å². The quantitative estimate of drug-likeness (QED) is 0.617. The summed E-state index contributed by atoms with van der Waals surface area (Å²) in [6.07, 6.45) is 1.49. The van der Waals surface area contributed by atoms with E-state index >= 15 is 0 Å². The average molecular weight is 406 g/mol. The monoisotopic (exact) mass is 405 g/mol. The highest BCUT2D eigenvalue weighted by molar-refractivity contribution is 7.08. The number of carbonyl (C=O) groups excluding carboxylic acids is 1. The zero-order valence-electron chi connectivity index (χ0n) is 14.9. The SMILES string of the molecule is CC(C)(Oc1ccc(Cl)cc1)C(=O)NC[C@](O)(c1ccsc1)c1ccco1. The summed E-state index contributed by atoms with van der Waals surface area (Å²) in [6, 6.07) is 12.0. The van der Waals surface area contributed by atoms with Crippen LogP contribution in [0.2, 0.25) is 5.02 Å². The minimum atomic E-state index is -1.46. The molecule has 0 spiro atoms. The molecule has 0 radical (unpaired) electrons. The van der Waals surface area contributed by atoms with E-state index in [1.807, 2.05) is 10.8 Å². The van der Waals surface area contributed by atoms with Crippen LogP contribution in [0.1, 0.15) is 25.2 Å². The molecule has 2 aromatic heterocycles. The van der Waals surface area contributed by atoms with Gasteiger partial charge in [0, 0.05) is 10.6 Å². The zero-order valence-corrected chi connectivity index (χ0v) is 16.5. The van der Waals surface area contributed by atoms with Crippen LogP contribution < -0.4 is 10.1 Å². The maximum Gasteiger partial charge on any atom is 0.263 e. The molecule has 3 aromatic rings. The number of thiophene rings is 1. The minimum Gasteiger partial charge on any atom is -0.478 e. The van der Waals surface area contributed by atoms with E-state index in [-0.39, 0.29) is 12.5 Å². The molecule has 0 bridgehead atoms. The van der Waals surface area contributed by atoms with Gasteiger partial charge < -0.3 is 19.6 Å². The molecule has 3 rings (SSSR count). The van der Waals surface area contributed by atoms with Gasteiger partial charge in [-0.15, -0.1) is 0 Å². The smallest absolute Gasteiger partial charge is 0.263 e. The molecule has 27 heavy (non-hydrogen) atoms. The molecule has 2 N–H and O–H groups in total. The lowest BCUT2D eigenvalue weighted by Gasteiger charge is -2.29. The molecule has 7 heteroatoms. The van der Waals surface area contributed by atoms with E-state index in [1.165, 1.54) is 17.6 Å². The molecule has 0 saturated carbocycles. The standard InChI is InChI=1S/C20H20ClNO4S/c1-19(2,26-16-7-5-15(21)6-8-16)18(23)22-13-20(24,14-9-11-27-12-14)17-4-3-10-25-17/h3-12,24H,13H2,1-2H3,(H,22,23)/t20-/m0/s1. The van der Waals surface area contributed by atoms with Gasteiger partial charge in [-0.1, -0.05) is 11.6 Å². The molecule has 1 amide bonds. The van der Waals surface area contributed by atoms with E-state index in [9.17, 15) is 9.90 Å². The van der Waals surface area contributed by atoms with Gasteiger partial charge in [0.05, 0.1) is 12.8 Å². The van der Waals surface area contributed by atoms with Crippen LogP contribution in [0.5, 0.6) is 5.75 Å². The summed E-state index contributed by atoms with van der Waals surface area (Å²) in [5.74, 6) is 0.522. The number of furan rings is 1. The summed E-state index contributed by atoms with van der Waals surface area (Å²) in [5.41, 5.74) is -1.96. The number of amides is 1. The van der Waals surface area contributed by atoms with Gasteiger partial charge >= 0.3 is 0 Å². The van der Waals surface area contributed by atoms with Crippen molar-refractivity contribution in [1.82, 2.24) is 5.32 Å². The van der Waals surface area contributed by atoms with Crippen LogP contribution in [0, 0.1) is 0 Å². The van der Waals surface area contributed by atoms with Crippen molar-refractivity contribution in [2.75, 3.05) is 6.54 Å². The fourth-order valence-corrected chi connectivity index (χ4v) is 3.46. The van der Waals surface area contributed by atoms with Gasteiger partial charge in [-0.3, -0.25) is 4.79 Å². The van der Waals surface area contributed by atoms with E-state index in [2.05, 4.69) is 5.32 Å². The van der Waals surface area contributed by atoms with E-state index in [1.54, 1.807) is 56.3 Å². The summed E-state index contributed by atoms with van der Waals surface area (Å²) >= 11 is 7.33. The van der Waals surface area contributed by atoms with E-state index < -0.39 is 11.2 Å². The second-order valence-corrected chi connectivity index (χ2v) is 7.82. The normalized spacial score (nSPS) is 13.8. The number of hydrogen-bond donors (Lipinski definition) is 2.